The lowest BCUT2D eigenvalue weighted by molar-refractivity contribution is 0.104. The molecule has 0 spiro atoms. The number of halogens is 2. The molecule has 0 atom stereocenters. The third-order valence-electron chi connectivity index (χ3n) is 1.39. The van der Waals surface area contributed by atoms with E-state index in [2.05, 4.69) is 4.18 Å². The second kappa shape index (κ2) is 3.53. The first-order valence-corrected chi connectivity index (χ1v) is 5.11. The van der Waals surface area contributed by atoms with Gasteiger partial charge < -0.3 is 4.18 Å². The molecule has 0 aliphatic carbocycles. The lowest BCUT2D eigenvalue weighted by atomic mass is 10.3. The van der Waals surface area contributed by atoms with Crippen LogP contribution in [0.15, 0.2) is 30.3 Å². The Morgan fingerprint density at radius 2 is 1.71 bits per heavy atom. The van der Waals surface area contributed by atoms with Crippen molar-refractivity contribution >= 4 is 10.1 Å². The van der Waals surface area contributed by atoms with Crippen molar-refractivity contribution in [2.75, 3.05) is 0 Å². The zero-order chi connectivity index (χ0) is 10.8. The van der Waals surface area contributed by atoms with Crippen LogP contribution in [0.3, 0.4) is 0 Å². The molecule has 0 bridgehead atoms. The number of rotatable bonds is 3. The molecule has 0 heterocycles. The topological polar surface area (TPSA) is 43.4 Å². The quantitative estimate of drug-likeness (QED) is 0.735. The predicted octanol–water partition coefficient (Wildman–Crippen LogP) is 2.01. The average Bonchev–Trinajstić information content (AvgIpc) is 2.03. The van der Waals surface area contributed by atoms with Gasteiger partial charge in [0.15, 0.2) is 0 Å². The van der Waals surface area contributed by atoms with Gasteiger partial charge in [-0.25, -0.2) is 0 Å². The summed E-state index contributed by atoms with van der Waals surface area (Å²) >= 11 is 0. The third kappa shape index (κ3) is 2.41. The molecule has 0 saturated carbocycles. The van der Waals surface area contributed by atoms with E-state index >= 15 is 0 Å². The van der Waals surface area contributed by atoms with E-state index in [0.717, 1.165) is 0 Å². The van der Waals surface area contributed by atoms with E-state index in [0.29, 0.717) is 0 Å². The van der Waals surface area contributed by atoms with Crippen LogP contribution in [0, 0.1) is 0 Å². The molecule has 0 unspecified atom stereocenters. The van der Waals surface area contributed by atoms with Crippen LogP contribution in [-0.2, 0) is 10.1 Å². The Balaban J connectivity index is 2.91. The molecule has 0 saturated heterocycles. The molecular formula is C8H8F2O3S. The molecule has 0 N–H and O–H groups in total. The Morgan fingerprint density at radius 1 is 1.21 bits per heavy atom. The van der Waals surface area contributed by atoms with Gasteiger partial charge in [0.2, 0.25) is 0 Å². The van der Waals surface area contributed by atoms with Gasteiger partial charge in [-0.3, -0.25) is 0 Å². The second-order valence-corrected chi connectivity index (χ2v) is 4.45. The van der Waals surface area contributed by atoms with Gasteiger partial charge in [0, 0.05) is 6.92 Å². The number of hydrogen-bond donors (Lipinski definition) is 0. The van der Waals surface area contributed by atoms with Crippen molar-refractivity contribution in [3.8, 4) is 5.75 Å². The maximum absolute atomic E-state index is 12.5. The van der Waals surface area contributed by atoms with Crippen molar-refractivity contribution in [1.82, 2.24) is 0 Å². The van der Waals surface area contributed by atoms with E-state index in [1.807, 2.05) is 0 Å². The van der Waals surface area contributed by atoms with Gasteiger partial charge in [-0.1, -0.05) is 18.2 Å². The Kier molecular flexibility index (Phi) is 2.75. The van der Waals surface area contributed by atoms with E-state index < -0.39 is 15.4 Å². The molecule has 1 rings (SSSR count). The zero-order valence-electron chi connectivity index (χ0n) is 7.28. The monoisotopic (exact) mass is 222 g/mol. The molecule has 1 aromatic carbocycles. The minimum atomic E-state index is -4.88. The fourth-order valence-corrected chi connectivity index (χ4v) is 1.19. The molecule has 0 aromatic heterocycles. The lowest BCUT2D eigenvalue weighted by Crippen LogP contribution is -2.29. The standard InChI is InChI=1S/C8H8F2O3S/c1-8(9,10)14(11,12)13-7-5-3-2-4-6-7/h2-6H,1H3. The minimum Gasteiger partial charge on any atom is -0.378 e. The van der Waals surface area contributed by atoms with Crippen molar-refractivity contribution in [2.24, 2.45) is 0 Å². The van der Waals surface area contributed by atoms with Gasteiger partial charge >= 0.3 is 15.4 Å². The number of para-hydroxylation sites is 1. The Labute approximate surface area is 80.4 Å². The SMILES string of the molecule is CC(F)(F)S(=O)(=O)Oc1ccccc1. The molecule has 14 heavy (non-hydrogen) atoms. The largest absolute Gasteiger partial charge is 0.378 e. The van der Waals surface area contributed by atoms with E-state index in [4.69, 9.17) is 0 Å². The first-order valence-electron chi connectivity index (χ1n) is 3.70. The van der Waals surface area contributed by atoms with Gasteiger partial charge in [0.25, 0.3) is 0 Å². The van der Waals surface area contributed by atoms with E-state index in [1.165, 1.54) is 24.3 Å². The molecule has 0 amide bonds. The van der Waals surface area contributed by atoms with Gasteiger partial charge in [-0.15, -0.1) is 0 Å². The van der Waals surface area contributed by atoms with Crippen LogP contribution >= 0.6 is 0 Å². The molecule has 3 nitrogen and oxygen atoms in total. The maximum atomic E-state index is 12.5. The first kappa shape index (κ1) is 10.9. The van der Waals surface area contributed by atoms with Crippen molar-refractivity contribution < 1.29 is 21.4 Å². The van der Waals surface area contributed by atoms with Gasteiger partial charge in [0.1, 0.15) is 5.75 Å². The van der Waals surface area contributed by atoms with Crippen LogP contribution in [-0.4, -0.2) is 13.7 Å². The summed E-state index contributed by atoms with van der Waals surface area (Å²) in [5.74, 6) is -0.131. The van der Waals surface area contributed by atoms with Crippen molar-refractivity contribution in [3.05, 3.63) is 30.3 Å². The smallest absolute Gasteiger partial charge is 0.377 e. The average molecular weight is 222 g/mol. The van der Waals surface area contributed by atoms with Crippen LogP contribution in [0.4, 0.5) is 8.78 Å². The van der Waals surface area contributed by atoms with Crippen LogP contribution < -0.4 is 4.18 Å². The van der Waals surface area contributed by atoms with Crippen molar-refractivity contribution in [3.63, 3.8) is 0 Å². The Bertz CT molecular complexity index is 394. The number of alkyl halides is 2. The number of benzene rings is 1. The summed E-state index contributed by atoms with van der Waals surface area (Å²) in [5, 5.41) is -3.90. The van der Waals surface area contributed by atoms with Crippen LogP contribution in [0.2, 0.25) is 0 Å². The lowest BCUT2D eigenvalue weighted by Gasteiger charge is -2.11. The highest BCUT2D eigenvalue weighted by Crippen LogP contribution is 2.24. The first-order chi connectivity index (χ1) is 6.33. The summed E-state index contributed by atoms with van der Waals surface area (Å²) < 4.78 is 50.8. The van der Waals surface area contributed by atoms with Crippen LogP contribution in [0.1, 0.15) is 6.92 Å². The fraction of sp³-hybridized carbons (Fsp3) is 0.250. The fourth-order valence-electron chi connectivity index (χ4n) is 0.676. The summed E-state index contributed by atoms with van der Waals surface area (Å²) in [7, 11) is -4.88. The van der Waals surface area contributed by atoms with Crippen LogP contribution in [0.25, 0.3) is 0 Å². The van der Waals surface area contributed by atoms with Gasteiger partial charge in [0.05, 0.1) is 0 Å². The summed E-state index contributed by atoms with van der Waals surface area (Å²) in [4.78, 5) is 0. The molecule has 78 valence electrons. The van der Waals surface area contributed by atoms with Crippen molar-refractivity contribution in [1.29, 1.82) is 0 Å². The van der Waals surface area contributed by atoms with E-state index in [-0.39, 0.29) is 12.7 Å². The molecule has 0 fully saturated rings. The van der Waals surface area contributed by atoms with E-state index in [9.17, 15) is 17.2 Å². The summed E-state index contributed by atoms with van der Waals surface area (Å²) in [6.45, 7) is 0.269. The van der Waals surface area contributed by atoms with Gasteiger partial charge in [-0.2, -0.15) is 17.2 Å². The highest BCUT2D eigenvalue weighted by molar-refractivity contribution is 7.88. The van der Waals surface area contributed by atoms with Crippen LogP contribution in [0.5, 0.6) is 5.75 Å². The highest BCUT2D eigenvalue weighted by atomic mass is 32.2. The molecule has 0 aliphatic rings. The molecule has 0 radical (unpaired) electrons. The predicted molar refractivity (Wildman–Crippen MR) is 46.6 cm³/mol. The zero-order valence-corrected chi connectivity index (χ0v) is 8.09. The maximum Gasteiger partial charge on any atom is 0.377 e. The highest BCUT2D eigenvalue weighted by Gasteiger charge is 2.41. The minimum absolute atomic E-state index is 0.131. The third-order valence-corrected chi connectivity index (χ3v) is 2.68. The molecule has 0 aliphatic heterocycles. The van der Waals surface area contributed by atoms with Gasteiger partial charge in [-0.05, 0) is 12.1 Å². The second-order valence-electron chi connectivity index (χ2n) is 2.66. The molecule has 6 heteroatoms. The summed E-state index contributed by atoms with van der Waals surface area (Å²) in [6, 6.07) is 7.15. The Hall–Kier alpha value is -1.17. The summed E-state index contributed by atoms with van der Waals surface area (Å²) in [5.41, 5.74) is 0. The normalized spacial score (nSPS) is 12.5. The van der Waals surface area contributed by atoms with Crippen molar-refractivity contribution in [2.45, 2.75) is 12.2 Å². The van der Waals surface area contributed by atoms with E-state index in [1.54, 1.807) is 6.07 Å². The summed E-state index contributed by atoms with van der Waals surface area (Å²) in [6.07, 6.45) is 0. The Morgan fingerprint density at radius 3 is 2.14 bits per heavy atom. The molecule has 1 aromatic rings. The molecular weight excluding hydrogens is 214 g/mol. The number of hydrogen-bond acceptors (Lipinski definition) is 3.